The Morgan fingerprint density at radius 1 is 1.53 bits per heavy atom. The largest absolute Gasteiger partial charge is 0.296 e. The summed E-state index contributed by atoms with van der Waals surface area (Å²) in [6.07, 6.45) is 3.01. The van der Waals surface area contributed by atoms with Crippen LogP contribution in [0.3, 0.4) is 0 Å². The van der Waals surface area contributed by atoms with Gasteiger partial charge >= 0.3 is 0 Å². The molecule has 0 bridgehead atoms. The van der Waals surface area contributed by atoms with Crippen LogP contribution in [0.15, 0.2) is 6.20 Å². The minimum absolute atomic E-state index is 0.305. The Balaban J connectivity index is 2.29. The molecule has 0 N–H and O–H groups in total. The Labute approximate surface area is 103 Å². The number of carbonyl (C=O) groups excluding carboxylic acids is 1. The first kappa shape index (κ1) is 11.8. The van der Waals surface area contributed by atoms with Crippen LogP contribution in [0.1, 0.15) is 28.8 Å². The molecule has 0 aromatic carbocycles. The van der Waals surface area contributed by atoms with Crippen molar-refractivity contribution in [2.24, 2.45) is 7.05 Å². The number of halogens is 1. The van der Waals surface area contributed by atoms with Crippen LogP contribution in [0, 0.1) is 0 Å². The van der Waals surface area contributed by atoms with Crippen LogP contribution in [0.5, 0.6) is 0 Å². The van der Waals surface area contributed by atoms with Gasteiger partial charge in [-0.15, -0.1) is 5.10 Å². The molecule has 0 saturated heterocycles. The van der Waals surface area contributed by atoms with E-state index in [1.54, 1.807) is 15.6 Å². The number of nitrogens with zero attached hydrogens (tertiary/aromatic N) is 5. The van der Waals surface area contributed by atoms with Crippen LogP contribution in [-0.4, -0.2) is 31.1 Å². The first-order valence-electron chi connectivity index (χ1n) is 5.21. The Morgan fingerprint density at radius 2 is 2.29 bits per heavy atom. The molecule has 0 atom stereocenters. The van der Waals surface area contributed by atoms with Crippen LogP contribution >= 0.6 is 11.6 Å². The molecular weight excluding hydrogens is 242 g/mol. The molecule has 2 heterocycles. The molecule has 0 aliphatic heterocycles. The topological polar surface area (TPSA) is 65.6 Å². The standard InChI is InChI=1S/C10H12ClN5O/c1-3-8-10(11)9(15(2)13-8)5-16-4-7(6-17)12-14-16/h4,6H,3,5H2,1-2H3. The van der Waals surface area contributed by atoms with E-state index in [4.69, 9.17) is 11.6 Å². The molecule has 2 aromatic heterocycles. The van der Waals surface area contributed by atoms with Crippen molar-refractivity contribution in [2.45, 2.75) is 19.9 Å². The Bertz CT molecular complexity index is 545. The monoisotopic (exact) mass is 253 g/mol. The number of aldehydes is 1. The average Bonchev–Trinajstić information content (AvgIpc) is 2.88. The number of hydrogen-bond donors (Lipinski definition) is 0. The zero-order valence-corrected chi connectivity index (χ0v) is 10.3. The highest BCUT2D eigenvalue weighted by Gasteiger charge is 2.13. The van der Waals surface area contributed by atoms with Gasteiger partial charge in [0, 0.05) is 7.05 Å². The first-order chi connectivity index (χ1) is 8.15. The van der Waals surface area contributed by atoms with Crippen molar-refractivity contribution in [3.63, 3.8) is 0 Å². The van der Waals surface area contributed by atoms with Gasteiger partial charge < -0.3 is 0 Å². The molecule has 2 aromatic rings. The fraction of sp³-hybridized carbons (Fsp3) is 0.400. The predicted molar refractivity (Wildman–Crippen MR) is 62.1 cm³/mol. The minimum atomic E-state index is 0.305. The number of aryl methyl sites for hydroxylation is 2. The second-order valence-corrected chi connectivity index (χ2v) is 4.02. The third kappa shape index (κ3) is 2.21. The van der Waals surface area contributed by atoms with Gasteiger partial charge in [-0.25, -0.2) is 4.68 Å². The molecule has 0 radical (unpaired) electrons. The van der Waals surface area contributed by atoms with Crippen LogP contribution < -0.4 is 0 Å². The number of rotatable bonds is 4. The normalized spacial score (nSPS) is 10.8. The fourth-order valence-electron chi connectivity index (χ4n) is 1.59. The van der Waals surface area contributed by atoms with Crippen molar-refractivity contribution in [2.75, 3.05) is 0 Å². The smallest absolute Gasteiger partial charge is 0.171 e. The molecule has 17 heavy (non-hydrogen) atoms. The SMILES string of the molecule is CCc1nn(C)c(Cn2cc(C=O)nn2)c1Cl. The quantitative estimate of drug-likeness (QED) is 0.765. The number of hydrogen-bond acceptors (Lipinski definition) is 4. The molecule has 6 nitrogen and oxygen atoms in total. The van der Waals surface area contributed by atoms with Gasteiger partial charge in [0.2, 0.25) is 0 Å². The summed E-state index contributed by atoms with van der Waals surface area (Å²) in [6, 6.07) is 0. The van der Waals surface area contributed by atoms with Crippen molar-refractivity contribution in [3.8, 4) is 0 Å². The summed E-state index contributed by atoms with van der Waals surface area (Å²) >= 11 is 6.21. The van der Waals surface area contributed by atoms with E-state index in [9.17, 15) is 4.79 Å². The molecule has 0 unspecified atom stereocenters. The van der Waals surface area contributed by atoms with Gasteiger partial charge in [-0.05, 0) is 6.42 Å². The van der Waals surface area contributed by atoms with Crippen LogP contribution in [0.4, 0.5) is 0 Å². The zero-order valence-electron chi connectivity index (χ0n) is 9.59. The lowest BCUT2D eigenvalue weighted by molar-refractivity contribution is 0.111. The molecule has 0 aliphatic carbocycles. The first-order valence-corrected chi connectivity index (χ1v) is 5.59. The molecule has 0 aliphatic rings. The minimum Gasteiger partial charge on any atom is -0.296 e. The van der Waals surface area contributed by atoms with E-state index in [1.807, 2.05) is 14.0 Å². The summed E-state index contributed by atoms with van der Waals surface area (Å²) in [7, 11) is 1.83. The molecule has 0 fully saturated rings. The Kier molecular flexibility index (Phi) is 3.23. The van der Waals surface area contributed by atoms with E-state index in [2.05, 4.69) is 15.4 Å². The van der Waals surface area contributed by atoms with E-state index in [1.165, 1.54) is 0 Å². The Hall–Kier alpha value is -1.69. The number of carbonyl (C=O) groups is 1. The maximum atomic E-state index is 10.5. The van der Waals surface area contributed by atoms with Crippen molar-refractivity contribution in [1.29, 1.82) is 0 Å². The second-order valence-electron chi connectivity index (χ2n) is 3.64. The summed E-state index contributed by atoms with van der Waals surface area (Å²) in [5.74, 6) is 0. The van der Waals surface area contributed by atoms with E-state index in [-0.39, 0.29) is 0 Å². The van der Waals surface area contributed by atoms with Gasteiger partial charge in [0.1, 0.15) is 5.69 Å². The molecular formula is C10H12ClN5O. The van der Waals surface area contributed by atoms with Crippen molar-refractivity contribution in [1.82, 2.24) is 24.8 Å². The van der Waals surface area contributed by atoms with Crippen LogP contribution in [0.25, 0.3) is 0 Å². The van der Waals surface area contributed by atoms with Gasteiger partial charge in [-0.3, -0.25) is 9.48 Å². The fourth-order valence-corrected chi connectivity index (χ4v) is 1.94. The number of aromatic nitrogens is 5. The van der Waals surface area contributed by atoms with Gasteiger partial charge in [-0.2, -0.15) is 5.10 Å². The lowest BCUT2D eigenvalue weighted by Crippen LogP contribution is -2.06. The lowest BCUT2D eigenvalue weighted by atomic mass is 10.3. The highest BCUT2D eigenvalue weighted by atomic mass is 35.5. The molecule has 90 valence electrons. The molecule has 0 spiro atoms. The average molecular weight is 254 g/mol. The van der Waals surface area contributed by atoms with Gasteiger partial charge in [0.05, 0.1) is 29.2 Å². The van der Waals surface area contributed by atoms with Crippen molar-refractivity contribution < 1.29 is 4.79 Å². The lowest BCUT2D eigenvalue weighted by Gasteiger charge is -2.01. The van der Waals surface area contributed by atoms with E-state index >= 15 is 0 Å². The molecule has 7 heteroatoms. The maximum Gasteiger partial charge on any atom is 0.171 e. The summed E-state index contributed by atoms with van der Waals surface area (Å²) in [6.45, 7) is 2.45. The zero-order chi connectivity index (χ0) is 12.4. The van der Waals surface area contributed by atoms with Crippen molar-refractivity contribution in [3.05, 3.63) is 28.3 Å². The van der Waals surface area contributed by atoms with E-state index < -0.39 is 0 Å². The van der Waals surface area contributed by atoms with Crippen LogP contribution in [-0.2, 0) is 20.0 Å². The van der Waals surface area contributed by atoms with Gasteiger partial charge in [0.25, 0.3) is 0 Å². The van der Waals surface area contributed by atoms with E-state index in [0.717, 1.165) is 17.8 Å². The summed E-state index contributed by atoms with van der Waals surface area (Å²) in [5, 5.41) is 12.5. The van der Waals surface area contributed by atoms with Gasteiger partial charge in [0.15, 0.2) is 6.29 Å². The molecule has 0 saturated carbocycles. The highest BCUT2D eigenvalue weighted by molar-refractivity contribution is 6.31. The highest BCUT2D eigenvalue weighted by Crippen LogP contribution is 2.21. The third-order valence-electron chi connectivity index (χ3n) is 2.49. The molecule has 2 rings (SSSR count). The Morgan fingerprint density at radius 3 is 2.82 bits per heavy atom. The van der Waals surface area contributed by atoms with Crippen LogP contribution in [0.2, 0.25) is 5.02 Å². The second kappa shape index (κ2) is 4.67. The van der Waals surface area contributed by atoms with Crippen molar-refractivity contribution >= 4 is 17.9 Å². The maximum absolute atomic E-state index is 10.5. The summed E-state index contributed by atoms with van der Waals surface area (Å²) in [5.41, 5.74) is 2.02. The third-order valence-corrected chi connectivity index (χ3v) is 2.93. The van der Waals surface area contributed by atoms with Gasteiger partial charge in [-0.1, -0.05) is 23.7 Å². The predicted octanol–water partition coefficient (Wildman–Crippen LogP) is 1.09. The summed E-state index contributed by atoms with van der Waals surface area (Å²) < 4.78 is 3.29. The summed E-state index contributed by atoms with van der Waals surface area (Å²) in [4.78, 5) is 10.5. The molecule has 0 amide bonds. The van der Waals surface area contributed by atoms with E-state index in [0.29, 0.717) is 23.5 Å².